The van der Waals surface area contributed by atoms with E-state index in [9.17, 15) is 15.3 Å². The van der Waals surface area contributed by atoms with Gasteiger partial charge in [0.15, 0.2) is 0 Å². The molecule has 12 heteroatoms. The van der Waals surface area contributed by atoms with Crippen molar-refractivity contribution in [3.05, 3.63) is 40.0 Å². The van der Waals surface area contributed by atoms with Crippen molar-refractivity contribution in [1.82, 2.24) is 9.55 Å². The van der Waals surface area contributed by atoms with Crippen molar-refractivity contribution >= 4 is 75.3 Å². The van der Waals surface area contributed by atoms with Gasteiger partial charge in [0.05, 0.1) is 9.49 Å². The Balaban J connectivity index is 0.00000441. The summed E-state index contributed by atoms with van der Waals surface area (Å²) < 4.78 is -2.83. The van der Waals surface area contributed by atoms with Gasteiger partial charge >= 0.3 is 5.69 Å². The number of aliphatic hydroxyl groups is 1. The van der Waals surface area contributed by atoms with E-state index >= 15 is 0 Å². The van der Waals surface area contributed by atoms with Crippen LogP contribution in [0.4, 0.5) is 0 Å². The Morgan fingerprint density at radius 2 is 1.86 bits per heavy atom. The summed E-state index contributed by atoms with van der Waals surface area (Å²) in [4.78, 5) is 15.3. The van der Waals surface area contributed by atoms with Gasteiger partial charge in [-0.2, -0.15) is 4.98 Å². The number of halogens is 6. The molecule has 0 unspecified atom stereocenters. The number of aliphatic hydroxyl groups excluding tert-OH is 1. The Kier molecular flexibility index (Phi) is 9.73. The van der Waals surface area contributed by atoms with Crippen molar-refractivity contribution in [2.75, 3.05) is 0 Å². The van der Waals surface area contributed by atoms with Crippen molar-refractivity contribution in [2.45, 2.75) is 20.6 Å². The van der Waals surface area contributed by atoms with E-state index in [0.717, 1.165) is 4.57 Å². The molecule has 0 aliphatic rings. The monoisotopic (exact) mass is 500 g/mol. The number of alkyl halides is 6. The fraction of sp³-hybridized carbons (Fsp3) is 0.400. The summed E-state index contributed by atoms with van der Waals surface area (Å²) in [5.74, 6) is 0. The molecule has 1 aromatic heterocycles. The summed E-state index contributed by atoms with van der Waals surface area (Å²) >= 11 is 33.1. The van der Waals surface area contributed by atoms with E-state index in [-0.39, 0.29) is 50.7 Å². The van der Waals surface area contributed by atoms with Crippen LogP contribution in [-0.2, 0) is 43.0 Å². The Bertz CT molecular complexity index is 583. The summed E-state index contributed by atoms with van der Waals surface area (Å²) in [5, 5.41) is 19.1. The van der Waals surface area contributed by atoms with Gasteiger partial charge in [-0.3, -0.25) is 4.57 Å². The predicted molar refractivity (Wildman–Crippen MR) is 86.2 cm³/mol. The SMILES string of the molecule is [N-]=C(C[C-](O)C(Cl)(Cl)Cl)Cn1ccc(C(Cl)(Cl)Cl)nc1=O.[Y]. The number of hydrogen-bond acceptors (Lipinski definition) is 3. The molecule has 0 aliphatic carbocycles. The van der Waals surface area contributed by atoms with Crippen LogP contribution >= 0.6 is 69.6 Å². The first-order valence-electron chi connectivity index (χ1n) is 5.21. The quantitative estimate of drug-likeness (QED) is 0.387. The van der Waals surface area contributed by atoms with Crippen molar-refractivity contribution < 1.29 is 37.8 Å². The zero-order chi connectivity index (χ0) is 16.4. The average molecular weight is 503 g/mol. The third kappa shape index (κ3) is 7.50. The summed E-state index contributed by atoms with van der Waals surface area (Å²) in [5.41, 5.74) is -1.12. The third-order valence-corrected chi connectivity index (χ3v) is 3.45. The second kappa shape index (κ2) is 9.16. The first-order valence-corrected chi connectivity index (χ1v) is 7.48. The van der Waals surface area contributed by atoms with Crippen LogP contribution in [0.3, 0.4) is 0 Å². The second-order valence-corrected chi connectivity index (χ2v) is 8.47. The molecule has 0 amide bonds. The molecule has 0 aliphatic heterocycles. The Hall–Kier alpha value is 1.35. The van der Waals surface area contributed by atoms with Crippen molar-refractivity contribution in [1.29, 1.82) is 0 Å². The van der Waals surface area contributed by atoms with E-state index in [1.807, 2.05) is 0 Å². The minimum Gasteiger partial charge on any atom is -0.812 e. The maximum Gasteiger partial charge on any atom is 0.348 e. The molecule has 0 bridgehead atoms. The van der Waals surface area contributed by atoms with Gasteiger partial charge in [-0.05, 0) is 6.07 Å². The van der Waals surface area contributed by atoms with Gasteiger partial charge in [-0.25, -0.2) is 10.5 Å². The molecule has 0 aromatic carbocycles. The second-order valence-electron chi connectivity index (χ2n) is 3.91. The molecular weight excluding hydrogens is 496 g/mol. The molecule has 1 aromatic rings. The molecule has 0 fully saturated rings. The molecule has 0 saturated heterocycles. The zero-order valence-corrected chi connectivity index (χ0v) is 18.0. The van der Waals surface area contributed by atoms with E-state index in [2.05, 4.69) is 4.98 Å². The Morgan fingerprint density at radius 1 is 1.32 bits per heavy atom. The van der Waals surface area contributed by atoms with E-state index in [0.29, 0.717) is 0 Å². The van der Waals surface area contributed by atoms with E-state index < -0.39 is 25.8 Å². The van der Waals surface area contributed by atoms with Crippen LogP contribution in [0.25, 0.3) is 5.41 Å². The maximum atomic E-state index is 11.7. The minimum absolute atomic E-state index is 0. The van der Waals surface area contributed by atoms with Crippen LogP contribution in [0.5, 0.6) is 0 Å². The third-order valence-electron chi connectivity index (χ3n) is 2.22. The molecular formula is C10H7Cl6N3O2Y-2. The molecule has 5 nitrogen and oxygen atoms in total. The summed E-state index contributed by atoms with van der Waals surface area (Å²) in [6.45, 7) is -0.267. The van der Waals surface area contributed by atoms with Gasteiger partial charge in [0.25, 0.3) is 0 Å². The topological polar surface area (TPSA) is 77.4 Å². The van der Waals surface area contributed by atoms with Crippen molar-refractivity contribution in [2.24, 2.45) is 0 Å². The summed E-state index contributed by atoms with van der Waals surface area (Å²) in [6, 6.07) is 1.31. The van der Waals surface area contributed by atoms with E-state index in [1.54, 1.807) is 0 Å². The Morgan fingerprint density at radius 3 is 2.27 bits per heavy atom. The number of aromatic nitrogens is 2. The standard InChI is InChI=1S/C10H7Cl6N3O2.Y/c11-9(12,13)6-1-2-19(8(21)18-6)4-5(17)3-7(20)10(14,15)16;/h1-2,20H,3-4H2;/q-2;. The predicted octanol–water partition coefficient (Wildman–Crippen LogP) is 3.74. The van der Waals surface area contributed by atoms with Gasteiger partial charge in [-0.1, -0.05) is 34.8 Å². The molecule has 1 N–H and O–H groups in total. The van der Waals surface area contributed by atoms with E-state index in [1.165, 1.54) is 12.3 Å². The van der Waals surface area contributed by atoms with Crippen LogP contribution in [0.15, 0.2) is 17.1 Å². The Labute approximate surface area is 181 Å². The van der Waals surface area contributed by atoms with E-state index in [4.69, 9.17) is 69.6 Å². The number of nitrogens with zero attached hydrogens (tertiary/aromatic N) is 3. The van der Waals surface area contributed by atoms with Gasteiger partial charge in [0, 0.05) is 45.5 Å². The molecule has 0 spiro atoms. The van der Waals surface area contributed by atoms with Crippen LogP contribution in [-0.4, -0.2) is 24.2 Å². The van der Waals surface area contributed by atoms with Gasteiger partial charge in [0.1, 0.15) is 0 Å². The first-order chi connectivity index (χ1) is 9.41. The number of hydrogen-bond donors (Lipinski definition) is 1. The fourth-order valence-corrected chi connectivity index (χ4v) is 1.77. The van der Waals surface area contributed by atoms with Gasteiger partial charge in [-0.15, -0.1) is 47.3 Å². The fourth-order valence-electron chi connectivity index (χ4n) is 1.25. The van der Waals surface area contributed by atoms with Crippen LogP contribution in [0.2, 0.25) is 0 Å². The van der Waals surface area contributed by atoms with Crippen LogP contribution < -0.4 is 5.69 Å². The zero-order valence-electron chi connectivity index (χ0n) is 10.6. The summed E-state index contributed by atoms with van der Waals surface area (Å²) in [7, 11) is 0. The molecule has 0 atom stereocenters. The number of rotatable bonds is 4. The summed E-state index contributed by atoms with van der Waals surface area (Å²) in [6.07, 6.45) is 0.286. The minimum atomic E-state index is -2.03. The largest absolute Gasteiger partial charge is 0.812 e. The molecule has 1 radical (unpaired) electrons. The average Bonchev–Trinajstić information content (AvgIpc) is 2.29. The van der Waals surface area contributed by atoms with Crippen LogP contribution in [0, 0.1) is 6.10 Å². The van der Waals surface area contributed by atoms with Crippen molar-refractivity contribution in [3.8, 4) is 0 Å². The molecule has 121 valence electrons. The maximum absolute atomic E-state index is 11.7. The van der Waals surface area contributed by atoms with Gasteiger partial charge in [0.2, 0.25) is 3.79 Å². The normalized spacial score (nSPS) is 12.2. The molecule has 1 rings (SSSR count). The van der Waals surface area contributed by atoms with Crippen molar-refractivity contribution in [3.63, 3.8) is 0 Å². The first kappa shape index (κ1) is 23.4. The van der Waals surface area contributed by atoms with Gasteiger partial charge < -0.3 is 10.5 Å². The smallest absolute Gasteiger partial charge is 0.348 e. The molecule has 22 heavy (non-hydrogen) atoms. The molecule has 0 saturated carbocycles. The molecule has 1 heterocycles. The van der Waals surface area contributed by atoms with Crippen LogP contribution in [0.1, 0.15) is 12.1 Å².